The van der Waals surface area contributed by atoms with Gasteiger partial charge in [0.25, 0.3) is 0 Å². The van der Waals surface area contributed by atoms with Crippen LogP contribution in [0.15, 0.2) is 24.3 Å². The number of hydrogen-bond acceptors (Lipinski definition) is 3. The van der Waals surface area contributed by atoms with E-state index in [1.54, 1.807) is 11.3 Å². The zero-order chi connectivity index (χ0) is 14.0. The van der Waals surface area contributed by atoms with Gasteiger partial charge >= 0.3 is 0 Å². The molecule has 0 aliphatic heterocycles. The van der Waals surface area contributed by atoms with Crippen LogP contribution in [0, 0.1) is 6.92 Å². The molecule has 2 rings (SSSR count). The summed E-state index contributed by atoms with van der Waals surface area (Å²) in [6.45, 7) is 8.40. The average Bonchev–Trinajstić information content (AvgIpc) is 2.73. The van der Waals surface area contributed by atoms with Crippen molar-refractivity contribution in [1.29, 1.82) is 0 Å². The first-order valence-corrected chi connectivity index (χ1v) is 7.59. The Morgan fingerprint density at radius 2 is 2.05 bits per heavy atom. The van der Waals surface area contributed by atoms with E-state index in [1.807, 2.05) is 0 Å². The number of nitrogens with zero attached hydrogens (tertiary/aromatic N) is 1. The van der Waals surface area contributed by atoms with Crippen LogP contribution in [0.3, 0.4) is 0 Å². The average molecular weight is 274 g/mol. The van der Waals surface area contributed by atoms with E-state index in [-0.39, 0.29) is 5.54 Å². The highest BCUT2D eigenvalue weighted by Crippen LogP contribution is 2.34. The van der Waals surface area contributed by atoms with E-state index >= 15 is 0 Å². The van der Waals surface area contributed by atoms with Crippen LogP contribution in [-0.4, -0.2) is 4.98 Å². The van der Waals surface area contributed by atoms with Crippen molar-refractivity contribution in [2.45, 2.75) is 46.1 Å². The van der Waals surface area contributed by atoms with Gasteiger partial charge in [-0.15, -0.1) is 11.3 Å². The van der Waals surface area contributed by atoms with Crippen LogP contribution in [0.5, 0.6) is 0 Å². The van der Waals surface area contributed by atoms with E-state index in [0.29, 0.717) is 0 Å². The molecule has 102 valence electrons. The van der Waals surface area contributed by atoms with Crippen LogP contribution in [0.4, 0.5) is 0 Å². The van der Waals surface area contributed by atoms with Crippen LogP contribution in [0.1, 0.15) is 43.3 Å². The third-order valence-corrected chi connectivity index (χ3v) is 4.52. The summed E-state index contributed by atoms with van der Waals surface area (Å²) >= 11 is 1.73. The highest BCUT2D eigenvalue weighted by molar-refractivity contribution is 7.15. The van der Waals surface area contributed by atoms with E-state index in [0.717, 1.165) is 23.5 Å². The summed E-state index contributed by atoms with van der Waals surface area (Å²) < 4.78 is 0. The van der Waals surface area contributed by atoms with Crippen LogP contribution in [-0.2, 0) is 12.0 Å². The minimum absolute atomic E-state index is 0.315. The van der Waals surface area contributed by atoms with Gasteiger partial charge in [0.15, 0.2) is 0 Å². The molecule has 3 heteroatoms. The minimum atomic E-state index is -0.315. The molecule has 0 saturated heterocycles. The summed E-state index contributed by atoms with van der Waals surface area (Å²) in [6.07, 6.45) is 2.10. The van der Waals surface area contributed by atoms with Gasteiger partial charge in [0, 0.05) is 16.0 Å². The van der Waals surface area contributed by atoms with Crippen LogP contribution < -0.4 is 5.73 Å². The Morgan fingerprint density at radius 1 is 1.32 bits per heavy atom. The first-order chi connectivity index (χ1) is 8.91. The Balaban J connectivity index is 2.48. The molecule has 19 heavy (non-hydrogen) atoms. The van der Waals surface area contributed by atoms with Gasteiger partial charge in [0.05, 0.1) is 5.69 Å². The molecule has 0 bridgehead atoms. The third kappa shape index (κ3) is 3.23. The van der Waals surface area contributed by atoms with Crippen molar-refractivity contribution in [3.05, 3.63) is 40.4 Å². The molecule has 1 heterocycles. The van der Waals surface area contributed by atoms with Gasteiger partial charge in [-0.05, 0) is 33.3 Å². The molecule has 0 fully saturated rings. The molecule has 0 spiro atoms. The number of rotatable bonds is 4. The Kier molecular flexibility index (Phi) is 4.07. The zero-order valence-electron chi connectivity index (χ0n) is 12.2. The maximum absolute atomic E-state index is 6.28. The molecular weight excluding hydrogens is 252 g/mol. The molecule has 0 amide bonds. The number of nitrogens with two attached hydrogens (primary N) is 1. The Morgan fingerprint density at radius 3 is 2.63 bits per heavy atom. The third-order valence-electron chi connectivity index (χ3n) is 3.03. The second-order valence-electron chi connectivity index (χ2n) is 5.64. The fourth-order valence-electron chi connectivity index (χ4n) is 2.16. The Hall–Kier alpha value is -1.19. The molecule has 2 nitrogen and oxygen atoms in total. The molecule has 2 aromatic rings. The van der Waals surface area contributed by atoms with Gasteiger partial charge in [0.1, 0.15) is 5.01 Å². The Bertz CT molecular complexity index is 564. The molecular formula is C16H22N2S. The van der Waals surface area contributed by atoms with Crippen molar-refractivity contribution in [3.8, 4) is 10.6 Å². The van der Waals surface area contributed by atoms with Gasteiger partial charge in [0.2, 0.25) is 0 Å². The number of aryl methyl sites for hydroxylation is 2. The van der Waals surface area contributed by atoms with Gasteiger partial charge in [-0.2, -0.15) is 0 Å². The predicted molar refractivity (Wildman–Crippen MR) is 83.5 cm³/mol. The summed E-state index contributed by atoms with van der Waals surface area (Å²) in [5.41, 5.74) is 9.58. The second-order valence-corrected chi connectivity index (χ2v) is 6.64. The first kappa shape index (κ1) is 14.2. The van der Waals surface area contributed by atoms with Gasteiger partial charge in [-0.1, -0.05) is 37.1 Å². The number of thiazole rings is 1. The second kappa shape index (κ2) is 5.43. The van der Waals surface area contributed by atoms with Gasteiger partial charge < -0.3 is 5.73 Å². The van der Waals surface area contributed by atoms with Crippen molar-refractivity contribution in [3.63, 3.8) is 0 Å². The van der Waals surface area contributed by atoms with E-state index in [1.165, 1.54) is 16.0 Å². The van der Waals surface area contributed by atoms with Crippen LogP contribution in [0.25, 0.3) is 10.6 Å². The molecule has 0 saturated carbocycles. The van der Waals surface area contributed by atoms with E-state index < -0.39 is 0 Å². The monoisotopic (exact) mass is 274 g/mol. The highest BCUT2D eigenvalue weighted by atomic mass is 32.1. The van der Waals surface area contributed by atoms with Crippen molar-refractivity contribution >= 4 is 11.3 Å². The van der Waals surface area contributed by atoms with Crippen LogP contribution in [0.2, 0.25) is 0 Å². The molecule has 1 aromatic carbocycles. The first-order valence-electron chi connectivity index (χ1n) is 6.78. The molecule has 0 unspecified atom stereocenters. The van der Waals surface area contributed by atoms with E-state index in [9.17, 15) is 0 Å². The number of benzene rings is 1. The predicted octanol–water partition coefficient (Wildman–Crippen LogP) is 4.26. The molecule has 0 aliphatic rings. The SMILES string of the molecule is CCCc1nc(-c2cccc(C)c2)sc1C(C)(C)N. The maximum Gasteiger partial charge on any atom is 0.123 e. The quantitative estimate of drug-likeness (QED) is 0.904. The largest absolute Gasteiger partial charge is 0.321 e. The van der Waals surface area contributed by atoms with E-state index in [4.69, 9.17) is 10.7 Å². The lowest BCUT2D eigenvalue weighted by Gasteiger charge is -2.17. The zero-order valence-corrected chi connectivity index (χ0v) is 13.0. The molecule has 0 aliphatic carbocycles. The fourth-order valence-corrected chi connectivity index (χ4v) is 3.29. The molecule has 0 atom stereocenters. The van der Waals surface area contributed by atoms with Gasteiger partial charge in [-0.25, -0.2) is 4.98 Å². The van der Waals surface area contributed by atoms with Crippen molar-refractivity contribution in [2.75, 3.05) is 0 Å². The summed E-state index contributed by atoms with van der Waals surface area (Å²) in [5, 5.41) is 1.08. The van der Waals surface area contributed by atoms with Crippen LogP contribution >= 0.6 is 11.3 Å². The highest BCUT2D eigenvalue weighted by Gasteiger charge is 2.23. The summed E-state index contributed by atoms with van der Waals surface area (Å²) in [4.78, 5) is 6.03. The van der Waals surface area contributed by atoms with Crippen molar-refractivity contribution in [2.24, 2.45) is 5.73 Å². The Labute approximate surface area is 119 Å². The minimum Gasteiger partial charge on any atom is -0.321 e. The van der Waals surface area contributed by atoms with E-state index in [2.05, 4.69) is 52.0 Å². The topological polar surface area (TPSA) is 38.9 Å². The van der Waals surface area contributed by atoms with Crippen molar-refractivity contribution in [1.82, 2.24) is 4.98 Å². The molecule has 2 N–H and O–H groups in total. The van der Waals surface area contributed by atoms with Crippen molar-refractivity contribution < 1.29 is 0 Å². The lowest BCUT2D eigenvalue weighted by atomic mass is 10.0. The standard InChI is InChI=1S/C16H22N2S/c1-5-7-13-14(16(3,4)17)19-15(18-13)12-9-6-8-11(2)10-12/h6,8-10H,5,7,17H2,1-4H3. The molecule has 0 radical (unpaired) electrons. The normalized spacial score (nSPS) is 11.8. The number of hydrogen-bond donors (Lipinski definition) is 1. The lowest BCUT2D eigenvalue weighted by Crippen LogP contribution is -2.28. The maximum atomic E-state index is 6.28. The van der Waals surface area contributed by atoms with Gasteiger partial charge in [-0.3, -0.25) is 0 Å². The summed E-state index contributed by atoms with van der Waals surface area (Å²) in [6, 6.07) is 8.49. The molecule has 1 aromatic heterocycles. The summed E-state index contributed by atoms with van der Waals surface area (Å²) in [5.74, 6) is 0. The lowest BCUT2D eigenvalue weighted by molar-refractivity contribution is 0.557. The fraction of sp³-hybridized carbons (Fsp3) is 0.438. The summed E-state index contributed by atoms with van der Waals surface area (Å²) in [7, 11) is 0. The smallest absolute Gasteiger partial charge is 0.123 e. The number of aromatic nitrogens is 1.